The molecule has 3 rings (SSSR count). The molecule has 0 spiro atoms. The average molecular weight is 390 g/mol. The van der Waals surface area contributed by atoms with Crippen LogP contribution in [-0.2, 0) is 4.74 Å². The second-order valence-electron chi connectivity index (χ2n) is 8.76. The maximum Gasteiger partial charge on any atom is 0.410 e. The van der Waals surface area contributed by atoms with Gasteiger partial charge in [0.2, 0.25) is 0 Å². The monoisotopic (exact) mass is 389 g/mol. The van der Waals surface area contributed by atoms with Crippen molar-refractivity contribution in [2.24, 2.45) is 0 Å². The number of piperazine rings is 1. The van der Waals surface area contributed by atoms with Crippen LogP contribution in [0, 0.1) is 0 Å². The summed E-state index contributed by atoms with van der Waals surface area (Å²) in [6, 6.07) is 8.53. The number of nitrogens with zero attached hydrogens (tertiary/aromatic N) is 3. The van der Waals surface area contributed by atoms with Crippen LogP contribution in [0.1, 0.15) is 40.0 Å². The number of likely N-dealkylation sites (tertiary alicyclic amines) is 1. The fourth-order valence-electron chi connectivity index (χ4n) is 4.13. The lowest BCUT2D eigenvalue weighted by atomic mass is 10.1. The van der Waals surface area contributed by atoms with Gasteiger partial charge in [-0.1, -0.05) is 12.1 Å². The average Bonchev–Trinajstić information content (AvgIpc) is 3.14. The van der Waals surface area contributed by atoms with Gasteiger partial charge in [0.1, 0.15) is 11.4 Å². The Morgan fingerprint density at radius 3 is 2.50 bits per heavy atom. The fraction of sp³-hybridized carbons (Fsp3) is 0.682. The largest absolute Gasteiger partial charge is 0.495 e. The number of anilines is 1. The minimum absolute atomic E-state index is 0.156. The molecule has 2 saturated heterocycles. The van der Waals surface area contributed by atoms with E-state index in [-0.39, 0.29) is 6.09 Å². The molecule has 28 heavy (non-hydrogen) atoms. The highest BCUT2D eigenvalue weighted by Gasteiger charge is 2.32. The Balaban J connectivity index is 1.47. The molecule has 2 fully saturated rings. The molecule has 1 aromatic rings. The van der Waals surface area contributed by atoms with Crippen LogP contribution in [0.4, 0.5) is 10.5 Å². The minimum atomic E-state index is -0.432. The molecular weight excluding hydrogens is 354 g/mol. The van der Waals surface area contributed by atoms with E-state index in [1.807, 2.05) is 37.8 Å². The Morgan fingerprint density at radius 1 is 1.11 bits per heavy atom. The highest BCUT2D eigenvalue weighted by Crippen LogP contribution is 2.29. The number of hydrogen-bond acceptors (Lipinski definition) is 5. The maximum absolute atomic E-state index is 12.5. The first-order valence-corrected chi connectivity index (χ1v) is 10.5. The van der Waals surface area contributed by atoms with Gasteiger partial charge in [0, 0.05) is 45.3 Å². The standard InChI is InChI=1S/C22H35N3O3/c1-22(2,3)28-21(26)25-12-7-8-18(25)11-13-23-14-16-24(17-15-23)19-9-5-6-10-20(19)27-4/h5-6,9-10,18H,7-8,11-17H2,1-4H3/t18-/m1/s1. The lowest BCUT2D eigenvalue weighted by molar-refractivity contribution is 0.0212. The van der Waals surface area contributed by atoms with Gasteiger partial charge in [0.05, 0.1) is 12.8 Å². The van der Waals surface area contributed by atoms with Crippen molar-refractivity contribution in [1.82, 2.24) is 9.80 Å². The zero-order valence-corrected chi connectivity index (χ0v) is 17.8. The zero-order valence-electron chi connectivity index (χ0n) is 17.8. The van der Waals surface area contributed by atoms with E-state index in [4.69, 9.17) is 9.47 Å². The van der Waals surface area contributed by atoms with E-state index in [1.54, 1.807) is 7.11 Å². The quantitative estimate of drug-likeness (QED) is 0.770. The van der Waals surface area contributed by atoms with Crippen molar-refractivity contribution in [1.29, 1.82) is 0 Å². The number of rotatable bonds is 5. The van der Waals surface area contributed by atoms with Crippen LogP contribution in [0.5, 0.6) is 5.75 Å². The molecule has 6 nitrogen and oxygen atoms in total. The van der Waals surface area contributed by atoms with Crippen molar-refractivity contribution in [2.45, 2.75) is 51.7 Å². The van der Waals surface area contributed by atoms with Crippen molar-refractivity contribution in [3.05, 3.63) is 24.3 Å². The van der Waals surface area contributed by atoms with Crippen molar-refractivity contribution in [3.8, 4) is 5.75 Å². The fourth-order valence-corrected chi connectivity index (χ4v) is 4.13. The Labute approximate surface area is 169 Å². The van der Waals surface area contributed by atoms with Gasteiger partial charge < -0.3 is 19.3 Å². The first-order valence-electron chi connectivity index (χ1n) is 10.5. The molecule has 2 heterocycles. The number of amides is 1. The summed E-state index contributed by atoms with van der Waals surface area (Å²) < 4.78 is 11.1. The van der Waals surface area contributed by atoms with Crippen molar-refractivity contribution < 1.29 is 14.3 Å². The van der Waals surface area contributed by atoms with E-state index in [1.165, 1.54) is 5.69 Å². The van der Waals surface area contributed by atoms with Gasteiger partial charge in [-0.3, -0.25) is 4.90 Å². The second-order valence-corrected chi connectivity index (χ2v) is 8.76. The number of carbonyl (C=O) groups is 1. The number of para-hydroxylation sites is 2. The van der Waals surface area contributed by atoms with Gasteiger partial charge in [-0.05, 0) is 52.2 Å². The maximum atomic E-state index is 12.5. The molecule has 0 bridgehead atoms. The van der Waals surface area contributed by atoms with Crippen LogP contribution < -0.4 is 9.64 Å². The van der Waals surface area contributed by atoms with E-state index < -0.39 is 5.60 Å². The molecule has 0 aromatic heterocycles. The van der Waals surface area contributed by atoms with Crippen molar-refractivity contribution in [2.75, 3.05) is 51.3 Å². The van der Waals surface area contributed by atoms with E-state index >= 15 is 0 Å². The lowest BCUT2D eigenvalue weighted by Gasteiger charge is -2.37. The molecule has 2 aliphatic heterocycles. The molecular formula is C22H35N3O3. The summed E-state index contributed by atoms with van der Waals surface area (Å²) in [5.41, 5.74) is 0.746. The Kier molecular flexibility index (Phi) is 6.70. The topological polar surface area (TPSA) is 45.2 Å². The van der Waals surface area contributed by atoms with E-state index in [0.29, 0.717) is 6.04 Å². The summed E-state index contributed by atoms with van der Waals surface area (Å²) in [4.78, 5) is 19.3. The summed E-state index contributed by atoms with van der Waals surface area (Å²) in [5.74, 6) is 0.940. The van der Waals surface area contributed by atoms with Crippen LogP contribution in [0.25, 0.3) is 0 Å². The third-order valence-electron chi connectivity index (χ3n) is 5.58. The summed E-state index contributed by atoms with van der Waals surface area (Å²) >= 11 is 0. The molecule has 6 heteroatoms. The predicted molar refractivity (Wildman–Crippen MR) is 112 cm³/mol. The van der Waals surface area contributed by atoms with Gasteiger partial charge in [0.15, 0.2) is 0 Å². The van der Waals surface area contributed by atoms with Gasteiger partial charge >= 0.3 is 6.09 Å². The summed E-state index contributed by atoms with van der Waals surface area (Å²) in [7, 11) is 1.73. The first-order chi connectivity index (χ1) is 13.4. The number of benzene rings is 1. The minimum Gasteiger partial charge on any atom is -0.495 e. The Morgan fingerprint density at radius 2 is 1.82 bits per heavy atom. The Bertz CT molecular complexity index is 651. The summed E-state index contributed by atoms with van der Waals surface area (Å²) in [6.07, 6.45) is 3.02. The van der Waals surface area contributed by atoms with Gasteiger partial charge in [-0.25, -0.2) is 4.79 Å². The van der Waals surface area contributed by atoms with Crippen LogP contribution in [0.2, 0.25) is 0 Å². The molecule has 0 N–H and O–H groups in total. The third kappa shape index (κ3) is 5.31. The lowest BCUT2D eigenvalue weighted by Crippen LogP contribution is -2.48. The van der Waals surface area contributed by atoms with Crippen LogP contribution in [-0.4, -0.2) is 73.9 Å². The van der Waals surface area contributed by atoms with E-state index in [0.717, 1.165) is 64.3 Å². The van der Waals surface area contributed by atoms with Crippen LogP contribution in [0.15, 0.2) is 24.3 Å². The molecule has 0 unspecified atom stereocenters. The molecule has 0 aliphatic carbocycles. The number of hydrogen-bond donors (Lipinski definition) is 0. The van der Waals surface area contributed by atoms with Crippen LogP contribution >= 0.6 is 0 Å². The van der Waals surface area contributed by atoms with E-state index in [2.05, 4.69) is 21.9 Å². The Hall–Kier alpha value is -1.95. The molecule has 2 aliphatic rings. The number of methoxy groups -OCH3 is 1. The number of carbonyl (C=O) groups excluding carboxylic acids is 1. The summed E-state index contributed by atoms with van der Waals surface area (Å²) in [5, 5.41) is 0. The molecule has 1 amide bonds. The highest BCUT2D eigenvalue weighted by atomic mass is 16.6. The number of ether oxygens (including phenoxy) is 2. The van der Waals surface area contributed by atoms with Crippen LogP contribution in [0.3, 0.4) is 0 Å². The summed E-state index contributed by atoms with van der Waals surface area (Å²) in [6.45, 7) is 11.7. The van der Waals surface area contributed by atoms with Gasteiger partial charge in [0.25, 0.3) is 0 Å². The second kappa shape index (κ2) is 9.03. The highest BCUT2D eigenvalue weighted by molar-refractivity contribution is 5.69. The molecule has 0 radical (unpaired) electrons. The molecule has 0 saturated carbocycles. The first kappa shape index (κ1) is 20.8. The molecule has 156 valence electrons. The molecule has 1 atom stereocenters. The van der Waals surface area contributed by atoms with Gasteiger partial charge in [-0.2, -0.15) is 0 Å². The normalized spacial score (nSPS) is 21.1. The van der Waals surface area contributed by atoms with Gasteiger partial charge in [-0.15, -0.1) is 0 Å². The van der Waals surface area contributed by atoms with Crippen molar-refractivity contribution >= 4 is 11.8 Å². The third-order valence-corrected chi connectivity index (χ3v) is 5.58. The molecule has 1 aromatic carbocycles. The van der Waals surface area contributed by atoms with Crippen molar-refractivity contribution in [3.63, 3.8) is 0 Å². The smallest absolute Gasteiger partial charge is 0.410 e. The zero-order chi connectivity index (χ0) is 20.1. The van der Waals surface area contributed by atoms with E-state index in [9.17, 15) is 4.79 Å². The predicted octanol–water partition coefficient (Wildman–Crippen LogP) is 3.61. The SMILES string of the molecule is COc1ccccc1N1CCN(CC[C@H]2CCCN2C(=O)OC(C)(C)C)CC1.